The average molecular weight is 214 g/mol. The molecule has 3 heteroatoms. The molecule has 2 N–H and O–H groups in total. The van der Waals surface area contributed by atoms with Crippen molar-refractivity contribution in [3.8, 4) is 0 Å². The van der Waals surface area contributed by atoms with Crippen molar-refractivity contribution in [3.63, 3.8) is 0 Å². The van der Waals surface area contributed by atoms with E-state index in [-0.39, 0.29) is 12.1 Å². The van der Waals surface area contributed by atoms with Crippen molar-refractivity contribution in [1.29, 1.82) is 0 Å². The Morgan fingerprint density at radius 1 is 1.40 bits per heavy atom. The van der Waals surface area contributed by atoms with E-state index >= 15 is 0 Å². The van der Waals surface area contributed by atoms with Crippen LogP contribution in [0.15, 0.2) is 0 Å². The summed E-state index contributed by atoms with van der Waals surface area (Å²) in [7, 11) is 0. The van der Waals surface area contributed by atoms with Gasteiger partial charge in [-0.05, 0) is 12.8 Å². The lowest BCUT2D eigenvalue weighted by molar-refractivity contribution is -0.0420. The van der Waals surface area contributed by atoms with Gasteiger partial charge in [-0.3, -0.25) is 4.90 Å². The Balaban J connectivity index is 2.35. The number of nitrogens with zero attached hydrogens (tertiary/aromatic N) is 1. The lowest BCUT2D eigenvalue weighted by Gasteiger charge is -2.36. The van der Waals surface area contributed by atoms with Crippen molar-refractivity contribution in [1.82, 2.24) is 4.90 Å². The molecule has 1 rings (SSSR count). The first-order chi connectivity index (χ1) is 7.17. The van der Waals surface area contributed by atoms with Crippen LogP contribution in [0.2, 0.25) is 0 Å². The van der Waals surface area contributed by atoms with Crippen LogP contribution in [0.3, 0.4) is 0 Å². The molecule has 0 aromatic heterocycles. The molecule has 1 saturated heterocycles. The summed E-state index contributed by atoms with van der Waals surface area (Å²) in [5.74, 6) is 0.830. The van der Waals surface area contributed by atoms with Gasteiger partial charge in [0.1, 0.15) is 0 Å². The summed E-state index contributed by atoms with van der Waals surface area (Å²) in [4.78, 5) is 2.51. The second-order valence-electron chi connectivity index (χ2n) is 4.71. The summed E-state index contributed by atoms with van der Waals surface area (Å²) in [5, 5.41) is 0. The maximum atomic E-state index is 5.87. The highest BCUT2D eigenvalue weighted by Crippen LogP contribution is 2.14. The van der Waals surface area contributed by atoms with Crippen molar-refractivity contribution in [3.05, 3.63) is 0 Å². The monoisotopic (exact) mass is 214 g/mol. The molecule has 1 aliphatic rings. The maximum absolute atomic E-state index is 5.87. The third-order valence-electron chi connectivity index (χ3n) is 3.44. The predicted molar refractivity (Wildman–Crippen MR) is 63.9 cm³/mol. The summed E-state index contributed by atoms with van der Waals surface area (Å²) >= 11 is 0. The molecule has 1 aliphatic heterocycles. The van der Waals surface area contributed by atoms with E-state index in [0.717, 1.165) is 25.6 Å². The number of nitrogens with two attached hydrogens (primary N) is 1. The van der Waals surface area contributed by atoms with Gasteiger partial charge < -0.3 is 10.5 Å². The van der Waals surface area contributed by atoms with E-state index in [4.69, 9.17) is 10.5 Å². The van der Waals surface area contributed by atoms with E-state index in [2.05, 4.69) is 18.7 Å². The number of morpholine rings is 1. The molecule has 15 heavy (non-hydrogen) atoms. The highest BCUT2D eigenvalue weighted by molar-refractivity contribution is 4.78. The molecule has 0 amide bonds. The molecular weight excluding hydrogens is 188 g/mol. The van der Waals surface area contributed by atoms with E-state index < -0.39 is 0 Å². The Hall–Kier alpha value is -0.120. The Bertz CT molecular complexity index is 167. The van der Waals surface area contributed by atoms with Gasteiger partial charge in [-0.25, -0.2) is 0 Å². The molecule has 90 valence electrons. The van der Waals surface area contributed by atoms with Crippen LogP contribution in [0.5, 0.6) is 0 Å². The topological polar surface area (TPSA) is 38.5 Å². The molecular formula is C12H26N2O. The third-order valence-corrected chi connectivity index (χ3v) is 3.44. The minimum Gasteiger partial charge on any atom is -0.374 e. The lowest BCUT2D eigenvalue weighted by atomic mass is 10.0. The highest BCUT2D eigenvalue weighted by Gasteiger charge is 2.24. The molecule has 0 saturated carbocycles. The van der Waals surface area contributed by atoms with Crippen molar-refractivity contribution in [2.75, 3.05) is 26.2 Å². The fourth-order valence-electron chi connectivity index (χ4n) is 2.13. The van der Waals surface area contributed by atoms with E-state index in [0.29, 0.717) is 0 Å². The van der Waals surface area contributed by atoms with Gasteiger partial charge in [-0.1, -0.05) is 26.7 Å². The molecule has 0 aromatic carbocycles. The molecule has 2 atom stereocenters. The van der Waals surface area contributed by atoms with Gasteiger partial charge in [0.25, 0.3) is 0 Å². The number of ether oxygens (including phenoxy) is 1. The first kappa shape index (κ1) is 12.9. The van der Waals surface area contributed by atoms with Gasteiger partial charge >= 0.3 is 0 Å². The van der Waals surface area contributed by atoms with Gasteiger partial charge in [0.05, 0.1) is 12.7 Å². The van der Waals surface area contributed by atoms with Crippen LogP contribution in [0, 0.1) is 5.92 Å². The molecule has 0 radical (unpaired) electrons. The van der Waals surface area contributed by atoms with Crippen molar-refractivity contribution >= 4 is 0 Å². The van der Waals surface area contributed by atoms with Crippen LogP contribution in [-0.2, 0) is 4.74 Å². The van der Waals surface area contributed by atoms with E-state index in [1.54, 1.807) is 0 Å². The maximum Gasteiger partial charge on any atom is 0.0850 e. The van der Waals surface area contributed by atoms with Gasteiger partial charge in [0.2, 0.25) is 0 Å². The van der Waals surface area contributed by atoms with E-state index in [9.17, 15) is 0 Å². The smallest absolute Gasteiger partial charge is 0.0850 e. The third kappa shape index (κ3) is 4.09. The van der Waals surface area contributed by atoms with Crippen molar-refractivity contribution in [2.45, 2.75) is 45.8 Å². The van der Waals surface area contributed by atoms with Gasteiger partial charge in [-0.2, -0.15) is 0 Å². The van der Waals surface area contributed by atoms with Gasteiger partial charge in [0.15, 0.2) is 0 Å². The fraction of sp³-hybridized carbons (Fsp3) is 1.00. The van der Waals surface area contributed by atoms with Crippen LogP contribution in [0.25, 0.3) is 0 Å². The number of hydrogen-bond acceptors (Lipinski definition) is 3. The SMILES string of the molecule is CCC(CC)CN1CCOC(C(C)N)C1. The van der Waals surface area contributed by atoms with Crippen LogP contribution in [-0.4, -0.2) is 43.3 Å². The Labute approximate surface area is 94.0 Å². The Morgan fingerprint density at radius 2 is 2.07 bits per heavy atom. The van der Waals surface area contributed by atoms with Crippen LogP contribution in [0.1, 0.15) is 33.6 Å². The molecule has 2 unspecified atom stereocenters. The van der Waals surface area contributed by atoms with E-state index in [1.165, 1.54) is 19.4 Å². The zero-order chi connectivity index (χ0) is 11.3. The summed E-state index contributed by atoms with van der Waals surface area (Å²) in [5.41, 5.74) is 5.87. The summed E-state index contributed by atoms with van der Waals surface area (Å²) in [6.07, 6.45) is 2.78. The lowest BCUT2D eigenvalue weighted by Crippen LogP contribution is -2.50. The first-order valence-corrected chi connectivity index (χ1v) is 6.26. The number of rotatable bonds is 5. The summed E-state index contributed by atoms with van der Waals surface area (Å²) in [6, 6.07) is 0.148. The quantitative estimate of drug-likeness (QED) is 0.753. The normalized spacial score (nSPS) is 25.8. The van der Waals surface area contributed by atoms with E-state index in [1.807, 2.05) is 6.92 Å². The Morgan fingerprint density at radius 3 is 2.60 bits per heavy atom. The van der Waals surface area contributed by atoms with Crippen molar-refractivity contribution < 1.29 is 4.74 Å². The second kappa shape index (κ2) is 6.46. The van der Waals surface area contributed by atoms with Gasteiger partial charge in [0, 0.05) is 25.7 Å². The molecule has 3 nitrogen and oxygen atoms in total. The molecule has 1 fully saturated rings. The standard InChI is InChI=1S/C12H26N2O/c1-4-11(5-2)8-14-6-7-15-12(9-14)10(3)13/h10-12H,4-9,13H2,1-3H3. The number of hydrogen-bond donors (Lipinski definition) is 1. The molecule has 0 aromatic rings. The average Bonchev–Trinajstić information content (AvgIpc) is 2.26. The van der Waals surface area contributed by atoms with Gasteiger partial charge in [-0.15, -0.1) is 0 Å². The minimum absolute atomic E-state index is 0.148. The molecule has 0 spiro atoms. The van der Waals surface area contributed by atoms with Crippen LogP contribution >= 0.6 is 0 Å². The summed E-state index contributed by atoms with van der Waals surface area (Å²) in [6.45, 7) is 10.7. The highest BCUT2D eigenvalue weighted by atomic mass is 16.5. The molecule has 1 heterocycles. The first-order valence-electron chi connectivity index (χ1n) is 6.26. The fourth-order valence-corrected chi connectivity index (χ4v) is 2.13. The Kier molecular flexibility index (Phi) is 5.58. The predicted octanol–water partition coefficient (Wildman–Crippen LogP) is 1.47. The van der Waals surface area contributed by atoms with Crippen LogP contribution < -0.4 is 5.73 Å². The van der Waals surface area contributed by atoms with Crippen molar-refractivity contribution in [2.24, 2.45) is 11.7 Å². The van der Waals surface area contributed by atoms with Crippen LogP contribution in [0.4, 0.5) is 0 Å². The zero-order valence-corrected chi connectivity index (χ0v) is 10.4. The summed E-state index contributed by atoms with van der Waals surface area (Å²) < 4.78 is 5.65. The second-order valence-corrected chi connectivity index (χ2v) is 4.71. The largest absolute Gasteiger partial charge is 0.374 e. The minimum atomic E-state index is 0.148. The molecule has 0 aliphatic carbocycles. The molecule has 0 bridgehead atoms. The zero-order valence-electron chi connectivity index (χ0n) is 10.4.